The van der Waals surface area contributed by atoms with Crippen molar-refractivity contribution < 1.29 is 4.79 Å². The molecule has 0 bridgehead atoms. The lowest BCUT2D eigenvalue weighted by Gasteiger charge is -2.14. The largest absolute Gasteiger partial charge is 0.382 e. The molecule has 3 N–H and O–H groups in total. The molecule has 0 atom stereocenters. The summed E-state index contributed by atoms with van der Waals surface area (Å²) in [5.74, 6) is 0.839. The fourth-order valence-electron chi connectivity index (χ4n) is 0.944. The molecular formula is C9H15N5O. The molecule has 1 aromatic heterocycles. The first-order valence-corrected chi connectivity index (χ1v) is 4.69. The van der Waals surface area contributed by atoms with Gasteiger partial charge in [-0.25, -0.2) is 4.98 Å². The number of aromatic nitrogens is 2. The Kier molecular flexibility index (Phi) is 3.84. The Morgan fingerprint density at radius 3 is 2.93 bits per heavy atom. The molecule has 0 radical (unpaired) electrons. The van der Waals surface area contributed by atoms with Gasteiger partial charge >= 0.3 is 0 Å². The van der Waals surface area contributed by atoms with Crippen LogP contribution in [0.15, 0.2) is 12.4 Å². The molecule has 0 aliphatic rings. The van der Waals surface area contributed by atoms with Crippen molar-refractivity contribution in [2.75, 3.05) is 31.2 Å². The zero-order valence-electron chi connectivity index (χ0n) is 8.90. The van der Waals surface area contributed by atoms with Crippen LogP contribution in [0.5, 0.6) is 0 Å². The predicted molar refractivity (Wildman–Crippen MR) is 58.2 cm³/mol. The van der Waals surface area contributed by atoms with Gasteiger partial charge in [0.05, 0.1) is 18.9 Å². The summed E-state index contributed by atoms with van der Waals surface area (Å²) in [6, 6.07) is 0. The van der Waals surface area contributed by atoms with Gasteiger partial charge in [-0.2, -0.15) is 0 Å². The van der Waals surface area contributed by atoms with E-state index in [0.717, 1.165) is 0 Å². The van der Waals surface area contributed by atoms with Crippen LogP contribution in [-0.4, -0.2) is 40.9 Å². The molecular weight excluding hydrogens is 194 g/mol. The zero-order valence-corrected chi connectivity index (χ0v) is 8.90. The monoisotopic (exact) mass is 209 g/mol. The first-order chi connectivity index (χ1) is 7.13. The minimum atomic E-state index is 0.00160. The number of likely N-dealkylation sites (N-methyl/N-ethyl adjacent to an activating group) is 1. The number of hydrogen-bond donors (Lipinski definition) is 2. The Bertz CT molecular complexity index is 341. The summed E-state index contributed by atoms with van der Waals surface area (Å²) in [4.78, 5) is 20.9. The van der Waals surface area contributed by atoms with Gasteiger partial charge in [0.2, 0.25) is 5.91 Å². The number of anilines is 2. The van der Waals surface area contributed by atoms with E-state index in [-0.39, 0.29) is 12.5 Å². The normalized spacial score (nSPS) is 9.73. The number of hydrogen-bond acceptors (Lipinski definition) is 5. The van der Waals surface area contributed by atoms with Crippen molar-refractivity contribution in [2.45, 2.75) is 6.92 Å². The average molecular weight is 209 g/mol. The van der Waals surface area contributed by atoms with E-state index in [4.69, 9.17) is 5.73 Å². The molecule has 0 aliphatic carbocycles. The number of rotatable bonds is 4. The van der Waals surface area contributed by atoms with Crippen LogP contribution in [0.25, 0.3) is 0 Å². The molecule has 0 unspecified atom stereocenters. The third-order valence-corrected chi connectivity index (χ3v) is 1.97. The molecule has 0 saturated heterocycles. The van der Waals surface area contributed by atoms with Gasteiger partial charge < -0.3 is 16.0 Å². The van der Waals surface area contributed by atoms with Crippen molar-refractivity contribution in [3.05, 3.63) is 12.4 Å². The Balaban J connectivity index is 2.47. The van der Waals surface area contributed by atoms with E-state index in [9.17, 15) is 4.79 Å². The molecule has 1 amide bonds. The fraction of sp³-hybridized carbons (Fsp3) is 0.444. The van der Waals surface area contributed by atoms with Gasteiger partial charge in [-0.15, -0.1) is 0 Å². The highest BCUT2D eigenvalue weighted by molar-refractivity contribution is 5.80. The van der Waals surface area contributed by atoms with Crippen LogP contribution in [0.3, 0.4) is 0 Å². The van der Waals surface area contributed by atoms with E-state index in [1.54, 1.807) is 11.9 Å². The lowest BCUT2D eigenvalue weighted by atomic mass is 10.5. The summed E-state index contributed by atoms with van der Waals surface area (Å²) < 4.78 is 0. The summed E-state index contributed by atoms with van der Waals surface area (Å²) in [7, 11) is 1.75. The molecule has 0 spiro atoms. The van der Waals surface area contributed by atoms with Crippen molar-refractivity contribution in [3.63, 3.8) is 0 Å². The fourth-order valence-corrected chi connectivity index (χ4v) is 0.944. The van der Waals surface area contributed by atoms with E-state index in [1.807, 2.05) is 6.92 Å². The van der Waals surface area contributed by atoms with Crippen molar-refractivity contribution in [1.82, 2.24) is 14.9 Å². The molecule has 6 nitrogen and oxygen atoms in total. The molecule has 82 valence electrons. The summed E-state index contributed by atoms with van der Waals surface area (Å²) in [6.45, 7) is 2.80. The third-order valence-electron chi connectivity index (χ3n) is 1.97. The highest BCUT2D eigenvalue weighted by Gasteiger charge is 2.06. The molecule has 1 rings (SSSR count). The number of carbonyl (C=O) groups excluding carboxylic acids is 1. The smallest absolute Gasteiger partial charge is 0.241 e. The number of nitrogens with one attached hydrogen (secondary N) is 1. The van der Waals surface area contributed by atoms with Crippen LogP contribution < -0.4 is 11.1 Å². The van der Waals surface area contributed by atoms with Gasteiger partial charge in [-0.1, -0.05) is 0 Å². The maximum absolute atomic E-state index is 11.4. The van der Waals surface area contributed by atoms with Gasteiger partial charge in [0.25, 0.3) is 0 Å². The molecule has 15 heavy (non-hydrogen) atoms. The predicted octanol–water partition coefficient (Wildman–Crippen LogP) is -0.0510. The molecule has 6 heteroatoms. The quantitative estimate of drug-likeness (QED) is 0.726. The van der Waals surface area contributed by atoms with E-state index < -0.39 is 0 Å². The Hall–Kier alpha value is -1.85. The third kappa shape index (κ3) is 3.41. The highest BCUT2D eigenvalue weighted by atomic mass is 16.2. The maximum Gasteiger partial charge on any atom is 0.241 e. The molecule has 1 aromatic rings. The lowest BCUT2D eigenvalue weighted by Crippen LogP contribution is -2.32. The van der Waals surface area contributed by atoms with Crippen LogP contribution >= 0.6 is 0 Å². The topological polar surface area (TPSA) is 84.1 Å². The SMILES string of the molecule is CCN(C)C(=O)CNc1cncc(N)n1. The van der Waals surface area contributed by atoms with E-state index in [2.05, 4.69) is 15.3 Å². The van der Waals surface area contributed by atoms with Gasteiger partial charge in [0.15, 0.2) is 0 Å². The van der Waals surface area contributed by atoms with E-state index in [1.165, 1.54) is 12.4 Å². The first kappa shape index (κ1) is 11.2. The summed E-state index contributed by atoms with van der Waals surface area (Å²) in [5, 5.41) is 2.86. The van der Waals surface area contributed by atoms with Crippen LogP contribution in [0.1, 0.15) is 6.92 Å². The number of nitrogens with two attached hydrogens (primary N) is 1. The van der Waals surface area contributed by atoms with Gasteiger partial charge in [0.1, 0.15) is 11.6 Å². The minimum absolute atomic E-state index is 0.00160. The van der Waals surface area contributed by atoms with Crippen LogP contribution in [0.4, 0.5) is 11.6 Å². The maximum atomic E-state index is 11.4. The highest BCUT2D eigenvalue weighted by Crippen LogP contribution is 2.02. The molecule has 0 aromatic carbocycles. The Morgan fingerprint density at radius 2 is 2.33 bits per heavy atom. The molecule has 0 saturated carbocycles. The zero-order chi connectivity index (χ0) is 11.3. The molecule has 1 heterocycles. The van der Waals surface area contributed by atoms with Crippen molar-refractivity contribution in [3.8, 4) is 0 Å². The van der Waals surface area contributed by atoms with Crippen LogP contribution in [0, 0.1) is 0 Å². The van der Waals surface area contributed by atoms with Crippen molar-refractivity contribution in [1.29, 1.82) is 0 Å². The summed E-state index contributed by atoms with van der Waals surface area (Å²) in [5.41, 5.74) is 5.44. The second-order valence-electron chi connectivity index (χ2n) is 3.09. The van der Waals surface area contributed by atoms with Crippen LogP contribution in [-0.2, 0) is 4.79 Å². The second-order valence-corrected chi connectivity index (χ2v) is 3.09. The standard InChI is InChI=1S/C9H15N5O/c1-3-14(2)9(15)6-12-8-5-11-4-7(10)13-8/h4-5H,3,6H2,1-2H3,(H3,10,12,13). The van der Waals surface area contributed by atoms with Crippen molar-refractivity contribution in [2.24, 2.45) is 0 Å². The first-order valence-electron chi connectivity index (χ1n) is 4.69. The minimum Gasteiger partial charge on any atom is -0.382 e. The molecule has 0 aliphatic heterocycles. The number of nitrogen functional groups attached to an aromatic ring is 1. The van der Waals surface area contributed by atoms with Crippen molar-refractivity contribution >= 4 is 17.5 Å². The Labute approximate surface area is 88.5 Å². The Morgan fingerprint density at radius 1 is 1.60 bits per heavy atom. The van der Waals surface area contributed by atoms with Crippen LogP contribution in [0.2, 0.25) is 0 Å². The van der Waals surface area contributed by atoms with E-state index >= 15 is 0 Å². The average Bonchev–Trinajstić information content (AvgIpc) is 2.25. The summed E-state index contributed by atoms with van der Waals surface area (Å²) in [6.07, 6.45) is 2.97. The number of carbonyl (C=O) groups is 1. The van der Waals surface area contributed by atoms with Gasteiger partial charge in [-0.3, -0.25) is 9.78 Å². The van der Waals surface area contributed by atoms with Gasteiger partial charge in [0, 0.05) is 13.6 Å². The molecule has 0 fully saturated rings. The summed E-state index contributed by atoms with van der Waals surface area (Å²) >= 11 is 0. The number of nitrogens with zero attached hydrogens (tertiary/aromatic N) is 3. The van der Waals surface area contributed by atoms with Gasteiger partial charge in [-0.05, 0) is 6.92 Å². The van der Waals surface area contributed by atoms with E-state index in [0.29, 0.717) is 18.2 Å². The lowest BCUT2D eigenvalue weighted by molar-refractivity contribution is -0.127. The number of amides is 1. The second kappa shape index (κ2) is 5.14.